The molecule has 1 aliphatic rings. The van der Waals surface area contributed by atoms with Gasteiger partial charge in [0, 0.05) is 23.5 Å². The molecule has 0 spiro atoms. The molecule has 1 fully saturated rings. The van der Waals surface area contributed by atoms with Crippen molar-refractivity contribution >= 4 is 44.8 Å². The summed E-state index contributed by atoms with van der Waals surface area (Å²) >= 11 is 0. The molecule has 0 aliphatic carbocycles. The van der Waals surface area contributed by atoms with Crippen LogP contribution in [0.2, 0.25) is 0 Å². The van der Waals surface area contributed by atoms with Crippen LogP contribution in [0.4, 0.5) is 11.4 Å². The third-order valence-corrected chi connectivity index (χ3v) is 6.97. The number of carbonyl (C=O) groups excluding carboxylic acids is 2. The minimum atomic E-state index is -0.588. The van der Waals surface area contributed by atoms with Crippen LogP contribution < -0.4 is 5.32 Å². The molecule has 1 aromatic rings. The maximum Gasteiger partial charge on any atom is 0.306 e. The average molecular weight is 399 g/mol. The van der Waals surface area contributed by atoms with Crippen molar-refractivity contribution in [3.63, 3.8) is 0 Å². The third kappa shape index (κ3) is 6.53. The first-order chi connectivity index (χ1) is 12.5. The molecule has 1 amide bonds. The summed E-state index contributed by atoms with van der Waals surface area (Å²) in [5.41, 5.74) is 0.514. The molecule has 0 radical (unpaired) electrons. The van der Waals surface area contributed by atoms with Crippen LogP contribution in [0.25, 0.3) is 0 Å². The van der Waals surface area contributed by atoms with E-state index in [1.54, 1.807) is 19.1 Å². The summed E-state index contributed by atoms with van der Waals surface area (Å²) in [5, 5.41) is 14.2. The zero-order chi connectivity index (χ0) is 18.9. The maximum absolute atomic E-state index is 11.9. The molecule has 9 heteroatoms. The van der Waals surface area contributed by atoms with Crippen LogP contribution in [-0.4, -0.2) is 34.4 Å². The summed E-state index contributed by atoms with van der Waals surface area (Å²) in [6.07, 6.45) is 4.32. The van der Waals surface area contributed by atoms with E-state index in [1.165, 1.54) is 18.2 Å². The van der Waals surface area contributed by atoms with Crippen LogP contribution >= 0.6 is 21.6 Å². The van der Waals surface area contributed by atoms with E-state index in [9.17, 15) is 19.7 Å². The summed E-state index contributed by atoms with van der Waals surface area (Å²) in [7, 11) is 3.82. The van der Waals surface area contributed by atoms with Crippen molar-refractivity contribution in [2.75, 3.05) is 17.7 Å². The molecule has 0 unspecified atom stereocenters. The number of aryl methyl sites for hydroxylation is 1. The minimum Gasteiger partial charge on any atom is -0.456 e. The Morgan fingerprint density at radius 2 is 2.19 bits per heavy atom. The van der Waals surface area contributed by atoms with Crippen LogP contribution in [0.15, 0.2) is 18.2 Å². The number of unbranched alkanes of at least 4 members (excludes halogenated alkanes) is 1. The zero-order valence-corrected chi connectivity index (χ0v) is 16.2. The maximum atomic E-state index is 11.9. The van der Waals surface area contributed by atoms with Crippen molar-refractivity contribution in [1.29, 1.82) is 0 Å². The summed E-state index contributed by atoms with van der Waals surface area (Å²) in [6.45, 7) is 1.22. The van der Waals surface area contributed by atoms with Crippen molar-refractivity contribution in [3.05, 3.63) is 33.9 Å². The SMILES string of the molecule is Cc1cccc([N+](=O)[O-])c1NC(=O)COC(=O)CCCC[C@H]1CCSS1. The fraction of sp³-hybridized carbons (Fsp3) is 0.529. The summed E-state index contributed by atoms with van der Waals surface area (Å²) < 4.78 is 4.96. The second-order valence-corrected chi connectivity index (χ2v) is 8.80. The van der Waals surface area contributed by atoms with E-state index in [2.05, 4.69) is 5.32 Å². The normalized spacial score (nSPS) is 16.3. The topological polar surface area (TPSA) is 98.5 Å². The summed E-state index contributed by atoms with van der Waals surface area (Å²) in [4.78, 5) is 34.1. The third-order valence-electron chi connectivity index (χ3n) is 3.96. The van der Waals surface area contributed by atoms with Gasteiger partial charge >= 0.3 is 5.97 Å². The molecule has 1 N–H and O–H groups in total. The monoisotopic (exact) mass is 398 g/mol. The number of ether oxygens (including phenoxy) is 1. The first-order valence-corrected chi connectivity index (χ1v) is 10.8. The number of nitro groups is 1. The molecule has 1 saturated heterocycles. The number of anilines is 1. The molecule has 142 valence electrons. The Morgan fingerprint density at radius 1 is 1.38 bits per heavy atom. The Balaban J connectivity index is 1.69. The lowest BCUT2D eigenvalue weighted by Gasteiger charge is -2.10. The predicted octanol–water partition coefficient (Wildman–Crippen LogP) is 4.10. The fourth-order valence-electron chi connectivity index (χ4n) is 2.57. The minimum absolute atomic E-state index is 0.130. The fourth-order valence-corrected chi connectivity index (χ4v) is 5.59. The predicted molar refractivity (Wildman–Crippen MR) is 104 cm³/mol. The van der Waals surface area contributed by atoms with Crippen molar-refractivity contribution in [2.24, 2.45) is 0 Å². The summed E-state index contributed by atoms with van der Waals surface area (Å²) in [5.74, 6) is 0.189. The number of esters is 1. The Labute approximate surface area is 160 Å². The van der Waals surface area contributed by atoms with Gasteiger partial charge in [-0.25, -0.2) is 0 Å². The second-order valence-electron chi connectivity index (χ2n) is 6.01. The van der Waals surface area contributed by atoms with Gasteiger partial charge in [-0.2, -0.15) is 0 Å². The van der Waals surface area contributed by atoms with Crippen molar-refractivity contribution < 1.29 is 19.2 Å². The van der Waals surface area contributed by atoms with E-state index < -0.39 is 23.4 Å². The molecule has 0 saturated carbocycles. The molecule has 7 nitrogen and oxygen atoms in total. The Bertz CT molecular complexity index is 663. The lowest BCUT2D eigenvalue weighted by atomic mass is 10.1. The Morgan fingerprint density at radius 3 is 2.88 bits per heavy atom. The van der Waals surface area contributed by atoms with Gasteiger partial charge in [-0.15, -0.1) is 0 Å². The van der Waals surface area contributed by atoms with E-state index in [4.69, 9.17) is 4.74 Å². The van der Waals surface area contributed by atoms with Gasteiger partial charge in [0.25, 0.3) is 11.6 Å². The number of nitrogens with one attached hydrogen (secondary N) is 1. The number of nitro benzene ring substituents is 1. The van der Waals surface area contributed by atoms with Crippen molar-refractivity contribution in [3.8, 4) is 0 Å². The molecule has 1 aliphatic heterocycles. The molecular formula is C17H22N2O5S2. The molecule has 0 aromatic heterocycles. The van der Waals surface area contributed by atoms with Gasteiger partial charge in [0.15, 0.2) is 6.61 Å². The van der Waals surface area contributed by atoms with E-state index in [1.807, 2.05) is 21.6 Å². The van der Waals surface area contributed by atoms with Gasteiger partial charge in [0.2, 0.25) is 0 Å². The highest BCUT2D eigenvalue weighted by Crippen LogP contribution is 2.39. The first kappa shape index (κ1) is 20.6. The van der Waals surface area contributed by atoms with Crippen molar-refractivity contribution in [2.45, 2.75) is 44.3 Å². The lowest BCUT2D eigenvalue weighted by molar-refractivity contribution is -0.384. The Hall–Kier alpha value is -1.74. The Kier molecular flexibility index (Phi) is 8.24. The molecule has 26 heavy (non-hydrogen) atoms. The largest absolute Gasteiger partial charge is 0.456 e. The second kappa shape index (κ2) is 10.4. The average Bonchev–Trinajstić information content (AvgIpc) is 3.12. The number of hydrogen-bond acceptors (Lipinski definition) is 7. The molecule has 1 aromatic carbocycles. The number of carbonyl (C=O) groups is 2. The number of para-hydroxylation sites is 1. The van der Waals surface area contributed by atoms with Gasteiger partial charge < -0.3 is 10.1 Å². The highest BCUT2D eigenvalue weighted by molar-refractivity contribution is 8.77. The summed E-state index contributed by atoms with van der Waals surface area (Å²) in [6, 6.07) is 4.53. The van der Waals surface area contributed by atoms with Gasteiger partial charge in [-0.05, 0) is 31.7 Å². The first-order valence-electron chi connectivity index (χ1n) is 8.45. The van der Waals surface area contributed by atoms with Gasteiger partial charge in [-0.1, -0.05) is 40.1 Å². The number of benzene rings is 1. The smallest absolute Gasteiger partial charge is 0.306 e. The van der Waals surface area contributed by atoms with Crippen LogP contribution in [0.3, 0.4) is 0 Å². The molecule has 0 bridgehead atoms. The zero-order valence-electron chi connectivity index (χ0n) is 14.6. The number of amides is 1. The standard InChI is InChI=1S/C17H22N2O5S2/c1-12-5-4-7-14(19(22)23)17(12)18-15(20)11-24-16(21)8-3-2-6-13-9-10-25-26-13/h4-5,7,13H,2-3,6,8-11H2,1H3,(H,18,20)/t13-/m0/s1. The van der Waals surface area contributed by atoms with Gasteiger partial charge in [-0.3, -0.25) is 19.7 Å². The number of hydrogen-bond donors (Lipinski definition) is 1. The molecule has 2 rings (SSSR count). The molecule has 1 heterocycles. The quantitative estimate of drug-likeness (QED) is 0.220. The lowest BCUT2D eigenvalue weighted by Crippen LogP contribution is -2.21. The van der Waals surface area contributed by atoms with Gasteiger partial charge in [0.1, 0.15) is 5.69 Å². The van der Waals surface area contributed by atoms with E-state index in [0.717, 1.165) is 19.3 Å². The number of rotatable bonds is 9. The highest BCUT2D eigenvalue weighted by Gasteiger charge is 2.19. The van der Waals surface area contributed by atoms with E-state index in [0.29, 0.717) is 10.8 Å². The van der Waals surface area contributed by atoms with E-state index >= 15 is 0 Å². The molecular weight excluding hydrogens is 376 g/mol. The van der Waals surface area contributed by atoms with Gasteiger partial charge in [0.05, 0.1) is 4.92 Å². The van der Waals surface area contributed by atoms with Crippen LogP contribution in [0, 0.1) is 17.0 Å². The highest BCUT2D eigenvalue weighted by atomic mass is 33.1. The van der Waals surface area contributed by atoms with Crippen molar-refractivity contribution in [1.82, 2.24) is 0 Å². The van der Waals surface area contributed by atoms with Crippen LogP contribution in [0.5, 0.6) is 0 Å². The van der Waals surface area contributed by atoms with E-state index in [-0.39, 0.29) is 17.8 Å². The van der Waals surface area contributed by atoms with Crippen LogP contribution in [-0.2, 0) is 14.3 Å². The number of nitrogens with zero attached hydrogens (tertiary/aromatic N) is 1. The molecule has 1 atom stereocenters. The van der Waals surface area contributed by atoms with Crippen LogP contribution in [0.1, 0.15) is 37.7 Å².